The molecular weight excluding hydrogens is 259 g/mol. The quantitative estimate of drug-likeness (QED) is 0.673. The second-order valence-corrected chi connectivity index (χ2v) is 5.22. The highest BCUT2D eigenvalue weighted by atomic mass is 79.9. The van der Waals surface area contributed by atoms with Gasteiger partial charge in [0.05, 0.1) is 9.37 Å². The molecule has 0 atom stereocenters. The zero-order valence-corrected chi connectivity index (χ0v) is 8.69. The summed E-state index contributed by atoms with van der Waals surface area (Å²) >= 11 is 2.99. The van der Waals surface area contributed by atoms with Gasteiger partial charge in [-0.15, -0.1) is 0 Å². The molecule has 0 saturated heterocycles. The summed E-state index contributed by atoms with van der Waals surface area (Å²) in [5, 5.41) is 1.07. The first-order valence-electron chi connectivity index (χ1n) is 3.43. The normalized spacial score (nSPS) is 17.4. The van der Waals surface area contributed by atoms with Gasteiger partial charge in [0.2, 0.25) is 0 Å². The lowest BCUT2D eigenvalue weighted by Crippen LogP contribution is -1.94. The number of halogens is 2. The largest absolute Gasteiger partial charge is 0.219 e. The van der Waals surface area contributed by atoms with Gasteiger partial charge >= 0.3 is 0 Å². The Morgan fingerprint density at radius 1 is 1.31 bits per heavy atom. The van der Waals surface area contributed by atoms with Crippen molar-refractivity contribution in [2.45, 2.75) is 4.90 Å². The van der Waals surface area contributed by atoms with E-state index in [0.717, 1.165) is 11.5 Å². The van der Waals surface area contributed by atoms with Crippen molar-refractivity contribution in [2.75, 3.05) is 0 Å². The lowest BCUT2D eigenvalue weighted by molar-refractivity contribution is 0.603. The lowest BCUT2D eigenvalue weighted by Gasteiger charge is -2.01. The van der Waals surface area contributed by atoms with Gasteiger partial charge in [0.15, 0.2) is 9.84 Å². The average molecular weight is 263 g/mol. The third-order valence-electron chi connectivity index (χ3n) is 1.81. The maximum Gasteiger partial charge on any atom is 0.200 e. The molecule has 1 aromatic rings. The number of fused-ring (bicyclic) bond motifs is 1. The Labute approximate surface area is 83.1 Å². The molecule has 0 saturated carbocycles. The van der Waals surface area contributed by atoms with E-state index in [-0.39, 0.29) is 9.37 Å². The Kier molecular flexibility index (Phi) is 1.82. The minimum absolute atomic E-state index is 0.153. The highest BCUT2D eigenvalue weighted by Gasteiger charge is 2.23. The summed E-state index contributed by atoms with van der Waals surface area (Å²) in [5.74, 6) is -0.458. The Morgan fingerprint density at radius 2 is 2.00 bits per heavy atom. The van der Waals surface area contributed by atoms with Crippen LogP contribution in [0.15, 0.2) is 26.9 Å². The predicted molar refractivity (Wildman–Crippen MR) is 50.3 cm³/mol. The summed E-state index contributed by atoms with van der Waals surface area (Å²) in [7, 11) is -3.32. The van der Waals surface area contributed by atoms with Crippen molar-refractivity contribution < 1.29 is 12.8 Å². The van der Waals surface area contributed by atoms with E-state index in [9.17, 15) is 12.8 Å². The molecule has 0 N–H and O–H groups in total. The molecule has 0 amide bonds. The summed E-state index contributed by atoms with van der Waals surface area (Å²) in [5.41, 5.74) is 0.389. The van der Waals surface area contributed by atoms with Gasteiger partial charge in [0.1, 0.15) is 5.82 Å². The molecular formula is C8H4BrFO2S. The maximum atomic E-state index is 13.0. The highest BCUT2D eigenvalue weighted by molar-refractivity contribution is 9.10. The van der Waals surface area contributed by atoms with Gasteiger partial charge < -0.3 is 0 Å². The molecule has 1 aromatic carbocycles. The second-order valence-electron chi connectivity index (χ2n) is 2.62. The summed E-state index contributed by atoms with van der Waals surface area (Å²) in [6, 6.07) is 2.40. The summed E-state index contributed by atoms with van der Waals surface area (Å²) in [6.07, 6.45) is 1.39. The van der Waals surface area contributed by atoms with Crippen LogP contribution >= 0.6 is 15.9 Å². The van der Waals surface area contributed by atoms with Crippen LogP contribution in [0.5, 0.6) is 0 Å². The molecule has 0 unspecified atom stereocenters. The smallest absolute Gasteiger partial charge is 0.200 e. The number of sulfone groups is 1. The first kappa shape index (κ1) is 8.90. The van der Waals surface area contributed by atoms with E-state index in [2.05, 4.69) is 15.9 Å². The van der Waals surface area contributed by atoms with Gasteiger partial charge in [0.25, 0.3) is 0 Å². The molecule has 68 valence electrons. The molecule has 13 heavy (non-hydrogen) atoms. The van der Waals surface area contributed by atoms with Gasteiger partial charge in [-0.3, -0.25) is 0 Å². The fourth-order valence-corrected chi connectivity index (χ4v) is 2.99. The fourth-order valence-electron chi connectivity index (χ4n) is 1.18. The van der Waals surface area contributed by atoms with E-state index >= 15 is 0 Å². The highest BCUT2D eigenvalue weighted by Crippen LogP contribution is 2.33. The second kappa shape index (κ2) is 2.65. The van der Waals surface area contributed by atoms with Crippen molar-refractivity contribution in [1.82, 2.24) is 0 Å². The van der Waals surface area contributed by atoms with Crippen LogP contribution in [-0.2, 0) is 9.84 Å². The van der Waals surface area contributed by atoms with Gasteiger partial charge in [-0.2, -0.15) is 0 Å². The molecule has 2 rings (SSSR count). The van der Waals surface area contributed by atoms with Gasteiger partial charge in [-0.05, 0) is 34.1 Å². The van der Waals surface area contributed by atoms with Crippen LogP contribution in [0.1, 0.15) is 5.56 Å². The Bertz CT molecular complexity index is 505. The van der Waals surface area contributed by atoms with Crippen LogP contribution in [0.3, 0.4) is 0 Å². The molecule has 1 aliphatic rings. The molecule has 0 radical (unpaired) electrons. The molecule has 0 aromatic heterocycles. The van der Waals surface area contributed by atoms with Crippen LogP contribution in [-0.4, -0.2) is 8.42 Å². The van der Waals surface area contributed by atoms with Crippen LogP contribution < -0.4 is 0 Å². The fraction of sp³-hybridized carbons (Fsp3) is 0. The number of benzene rings is 1. The number of hydrogen-bond donors (Lipinski definition) is 0. The molecule has 1 heterocycles. The van der Waals surface area contributed by atoms with Crippen molar-refractivity contribution in [1.29, 1.82) is 0 Å². The van der Waals surface area contributed by atoms with Crippen LogP contribution in [0.25, 0.3) is 6.08 Å². The Balaban J connectivity index is 2.86. The van der Waals surface area contributed by atoms with Gasteiger partial charge in [0, 0.05) is 11.0 Å². The van der Waals surface area contributed by atoms with E-state index < -0.39 is 15.7 Å². The summed E-state index contributed by atoms with van der Waals surface area (Å²) in [4.78, 5) is 0.153. The zero-order valence-electron chi connectivity index (χ0n) is 6.29. The number of rotatable bonds is 0. The Morgan fingerprint density at radius 3 is 2.69 bits per heavy atom. The van der Waals surface area contributed by atoms with E-state index in [1.807, 2.05) is 0 Å². The predicted octanol–water partition coefficient (Wildman–Crippen LogP) is 2.35. The van der Waals surface area contributed by atoms with Gasteiger partial charge in [-0.25, -0.2) is 12.8 Å². The van der Waals surface area contributed by atoms with Crippen molar-refractivity contribution in [3.63, 3.8) is 0 Å². The summed E-state index contributed by atoms with van der Waals surface area (Å²) in [6.45, 7) is 0. The molecule has 2 nitrogen and oxygen atoms in total. The summed E-state index contributed by atoms with van der Waals surface area (Å²) < 4.78 is 35.7. The first-order valence-corrected chi connectivity index (χ1v) is 5.77. The van der Waals surface area contributed by atoms with Gasteiger partial charge in [-0.1, -0.05) is 0 Å². The topological polar surface area (TPSA) is 34.1 Å². The van der Waals surface area contributed by atoms with E-state index in [1.54, 1.807) is 0 Å². The monoisotopic (exact) mass is 262 g/mol. The van der Waals surface area contributed by atoms with Crippen LogP contribution in [0, 0.1) is 5.82 Å². The average Bonchev–Trinajstić information content (AvgIpc) is 2.35. The first-order chi connectivity index (χ1) is 6.02. The van der Waals surface area contributed by atoms with Crippen molar-refractivity contribution >= 4 is 31.8 Å². The third-order valence-corrected chi connectivity index (χ3v) is 4.08. The van der Waals surface area contributed by atoms with Crippen LogP contribution in [0.4, 0.5) is 4.39 Å². The third kappa shape index (κ3) is 1.23. The molecule has 5 heteroatoms. The zero-order chi connectivity index (χ0) is 9.64. The van der Waals surface area contributed by atoms with Crippen molar-refractivity contribution in [3.05, 3.63) is 33.4 Å². The molecule has 0 fully saturated rings. The molecule has 0 bridgehead atoms. The van der Waals surface area contributed by atoms with Crippen molar-refractivity contribution in [2.24, 2.45) is 0 Å². The SMILES string of the molecule is O=S1(=O)C=Cc2c1ccc(F)c2Br. The number of hydrogen-bond acceptors (Lipinski definition) is 2. The maximum absolute atomic E-state index is 13.0. The molecule has 1 aliphatic heterocycles. The lowest BCUT2D eigenvalue weighted by atomic mass is 10.2. The standard InChI is InChI=1S/C8H4BrFO2S/c9-8-5-3-4-13(11,12)7(5)2-1-6(8)10/h1-4H. The van der Waals surface area contributed by atoms with E-state index in [4.69, 9.17) is 0 Å². The van der Waals surface area contributed by atoms with Crippen LogP contribution in [0.2, 0.25) is 0 Å². The molecule has 0 aliphatic carbocycles. The van der Waals surface area contributed by atoms with E-state index in [1.165, 1.54) is 12.1 Å². The van der Waals surface area contributed by atoms with E-state index in [0.29, 0.717) is 5.56 Å². The minimum atomic E-state index is -3.32. The minimum Gasteiger partial charge on any atom is -0.219 e. The molecule has 0 spiro atoms. The van der Waals surface area contributed by atoms with Crippen molar-refractivity contribution in [3.8, 4) is 0 Å². The Hall–Kier alpha value is -0.680.